The summed E-state index contributed by atoms with van der Waals surface area (Å²) in [7, 11) is 0. The quantitative estimate of drug-likeness (QED) is 0.537. The molecule has 0 saturated heterocycles. The fourth-order valence-electron chi connectivity index (χ4n) is 2.25. The van der Waals surface area contributed by atoms with Gasteiger partial charge in [0.25, 0.3) is 0 Å². The van der Waals surface area contributed by atoms with Crippen LogP contribution < -0.4 is 0 Å². The van der Waals surface area contributed by atoms with Crippen LogP contribution in [0.15, 0.2) is 47.8 Å². The molecular formula is C15H9FN2S. The molecule has 0 fully saturated rings. The van der Waals surface area contributed by atoms with Crippen LogP contribution in [0.4, 0.5) is 4.39 Å². The van der Waals surface area contributed by atoms with E-state index in [0.717, 1.165) is 21.3 Å². The molecule has 0 saturated carbocycles. The van der Waals surface area contributed by atoms with Crippen LogP contribution in [0.3, 0.4) is 0 Å². The van der Waals surface area contributed by atoms with E-state index in [1.54, 1.807) is 6.07 Å². The number of nitrogens with zero attached hydrogens (tertiary/aromatic N) is 1. The van der Waals surface area contributed by atoms with Gasteiger partial charge < -0.3 is 4.98 Å². The first-order valence-corrected chi connectivity index (χ1v) is 6.81. The van der Waals surface area contributed by atoms with E-state index < -0.39 is 0 Å². The second kappa shape index (κ2) is 3.90. The average Bonchev–Trinajstić information content (AvgIpc) is 3.04. The number of nitrogens with one attached hydrogen (secondary N) is 1. The van der Waals surface area contributed by atoms with Gasteiger partial charge in [0.2, 0.25) is 0 Å². The molecule has 0 atom stereocenters. The molecule has 2 heterocycles. The van der Waals surface area contributed by atoms with Crippen LogP contribution in [-0.2, 0) is 0 Å². The third-order valence-electron chi connectivity index (χ3n) is 3.18. The highest BCUT2D eigenvalue weighted by molar-refractivity contribution is 7.17. The van der Waals surface area contributed by atoms with Gasteiger partial charge >= 0.3 is 0 Å². The van der Waals surface area contributed by atoms with E-state index in [9.17, 15) is 4.39 Å². The Morgan fingerprint density at radius 2 is 2.00 bits per heavy atom. The van der Waals surface area contributed by atoms with Crippen LogP contribution in [-0.4, -0.2) is 9.97 Å². The fraction of sp³-hybridized carbons (Fsp3) is 0. The summed E-state index contributed by atoms with van der Waals surface area (Å²) in [6.45, 7) is 0. The lowest BCUT2D eigenvalue weighted by Crippen LogP contribution is -1.83. The zero-order valence-electron chi connectivity index (χ0n) is 9.85. The van der Waals surface area contributed by atoms with E-state index in [2.05, 4.69) is 9.97 Å². The highest BCUT2D eigenvalue weighted by atomic mass is 32.1. The molecule has 92 valence electrons. The van der Waals surface area contributed by atoms with Crippen molar-refractivity contribution >= 4 is 32.5 Å². The number of hydrogen-bond acceptors (Lipinski definition) is 2. The molecule has 0 aliphatic rings. The van der Waals surface area contributed by atoms with Gasteiger partial charge in [-0.05, 0) is 35.7 Å². The monoisotopic (exact) mass is 268 g/mol. The Morgan fingerprint density at radius 1 is 1.11 bits per heavy atom. The third kappa shape index (κ3) is 1.64. The number of halogens is 1. The molecule has 0 spiro atoms. The molecule has 0 radical (unpaired) electrons. The Labute approximate surface area is 112 Å². The molecule has 2 nitrogen and oxygen atoms in total. The molecule has 4 rings (SSSR count). The molecular weight excluding hydrogens is 259 g/mol. The zero-order valence-corrected chi connectivity index (χ0v) is 10.7. The molecule has 0 aliphatic heterocycles. The van der Waals surface area contributed by atoms with Crippen molar-refractivity contribution in [3.8, 4) is 11.4 Å². The van der Waals surface area contributed by atoms with Crippen molar-refractivity contribution in [2.24, 2.45) is 0 Å². The Hall–Kier alpha value is -2.20. The number of thiophene rings is 1. The fourth-order valence-corrected chi connectivity index (χ4v) is 3.09. The van der Waals surface area contributed by atoms with E-state index in [4.69, 9.17) is 0 Å². The number of aromatic amines is 1. The van der Waals surface area contributed by atoms with Crippen molar-refractivity contribution < 1.29 is 4.39 Å². The Kier molecular flexibility index (Phi) is 2.19. The van der Waals surface area contributed by atoms with Crippen molar-refractivity contribution in [3.63, 3.8) is 0 Å². The van der Waals surface area contributed by atoms with E-state index >= 15 is 0 Å². The minimum atomic E-state index is -0.200. The Balaban J connectivity index is 1.97. The number of imidazole rings is 1. The number of para-hydroxylation sites is 2. The highest BCUT2D eigenvalue weighted by Gasteiger charge is 2.09. The minimum Gasteiger partial charge on any atom is -0.338 e. The number of H-pyrrole nitrogens is 1. The first-order valence-electron chi connectivity index (χ1n) is 5.93. The summed E-state index contributed by atoms with van der Waals surface area (Å²) < 4.78 is 14.9. The van der Waals surface area contributed by atoms with Crippen LogP contribution >= 0.6 is 11.3 Å². The summed E-state index contributed by atoms with van der Waals surface area (Å²) in [4.78, 5) is 7.72. The van der Waals surface area contributed by atoms with E-state index in [1.807, 2.05) is 35.7 Å². The largest absolute Gasteiger partial charge is 0.338 e. The predicted octanol–water partition coefficient (Wildman–Crippen LogP) is 4.58. The maximum absolute atomic E-state index is 14.0. The van der Waals surface area contributed by atoms with Crippen LogP contribution in [0.1, 0.15) is 0 Å². The van der Waals surface area contributed by atoms with Crippen LogP contribution in [0.25, 0.3) is 32.5 Å². The first-order chi connectivity index (χ1) is 9.31. The molecule has 19 heavy (non-hydrogen) atoms. The van der Waals surface area contributed by atoms with Crippen LogP contribution in [0.2, 0.25) is 0 Å². The lowest BCUT2D eigenvalue weighted by atomic mass is 10.1. The maximum atomic E-state index is 14.0. The summed E-state index contributed by atoms with van der Waals surface area (Å²) in [6.07, 6.45) is 0. The van der Waals surface area contributed by atoms with Gasteiger partial charge in [0.15, 0.2) is 0 Å². The number of rotatable bonds is 1. The second-order valence-corrected chi connectivity index (χ2v) is 5.34. The third-order valence-corrected chi connectivity index (χ3v) is 4.05. The summed E-state index contributed by atoms with van der Waals surface area (Å²) in [5.74, 6) is 0.504. The van der Waals surface area contributed by atoms with Gasteiger partial charge in [-0.15, -0.1) is 11.3 Å². The van der Waals surface area contributed by atoms with E-state index in [1.165, 1.54) is 17.4 Å². The molecule has 4 heteroatoms. The highest BCUT2D eigenvalue weighted by Crippen LogP contribution is 2.29. The molecule has 0 amide bonds. The molecule has 2 aromatic heterocycles. The van der Waals surface area contributed by atoms with Crippen molar-refractivity contribution in [1.29, 1.82) is 0 Å². The van der Waals surface area contributed by atoms with E-state index in [-0.39, 0.29) is 5.82 Å². The standard InChI is InChI=1S/C15H9FN2S/c16-11-7-9(8-14-10(11)5-6-19-14)15-17-12-3-1-2-4-13(12)18-15/h1-8H,(H,17,18). The van der Waals surface area contributed by atoms with Crippen molar-refractivity contribution in [1.82, 2.24) is 9.97 Å². The SMILES string of the molecule is Fc1cc(-c2nc3ccccc3[nH]2)cc2sccc12. The number of hydrogen-bond donors (Lipinski definition) is 1. The number of aromatic nitrogens is 2. The Bertz CT molecular complexity index is 858. The number of fused-ring (bicyclic) bond motifs is 2. The van der Waals surface area contributed by atoms with Crippen LogP contribution in [0, 0.1) is 5.82 Å². The predicted molar refractivity (Wildman–Crippen MR) is 76.9 cm³/mol. The minimum absolute atomic E-state index is 0.200. The van der Waals surface area contributed by atoms with Gasteiger partial charge in [-0.2, -0.15) is 0 Å². The topological polar surface area (TPSA) is 28.7 Å². The molecule has 0 bridgehead atoms. The molecule has 0 unspecified atom stereocenters. The molecule has 1 N–H and O–H groups in total. The summed E-state index contributed by atoms with van der Waals surface area (Å²) >= 11 is 1.54. The van der Waals surface area contributed by atoms with E-state index in [0.29, 0.717) is 11.2 Å². The molecule has 0 aliphatic carbocycles. The summed E-state index contributed by atoms with van der Waals surface area (Å²) in [5, 5.41) is 2.57. The average molecular weight is 268 g/mol. The lowest BCUT2D eigenvalue weighted by molar-refractivity contribution is 0.640. The summed E-state index contributed by atoms with van der Waals surface area (Å²) in [5.41, 5.74) is 2.64. The van der Waals surface area contributed by atoms with Gasteiger partial charge in [0.1, 0.15) is 11.6 Å². The lowest BCUT2D eigenvalue weighted by Gasteiger charge is -1.99. The smallest absolute Gasteiger partial charge is 0.138 e. The van der Waals surface area contributed by atoms with Gasteiger partial charge in [0, 0.05) is 15.6 Å². The van der Waals surface area contributed by atoms with Crippen molar-refractivity contribution in [2.75, 3.05) is 0 Å². The summed E-state index contributed by atoms with van der Waals surface area (Å²) in [6, 6.07) is 13.1. The maximum Gasteiger partial charge on any atom is 0.138 e. The Morgan fingerprint density at radius 3 is 2.89 bits per heavy atom. The first kappa shape index (κ1) is 10.7. The van der Waals surface area contributed by atoms with Gasteiger partial charge in [-0.1, -0.05) is 12.1 Å². The van der Waals surface area contributed by atoms with Gasteiger partial charge in [-0.3, -0.25) is 0 Å². The molecule has 2 aromatic carbocycles. The number of benzene rings is 2. The normalized spacial score (nSPS) is 11.4. The zero-order chi connectivity index (χ0) is 12.8. The molecule has 4 aromatic rings. The second-order valence-electron chi connectivity index (χ2n) is 4.39. The van der Waals surface area contributed by atoms with Crippen molar-refractivity contribution in [3.05, 3.63) is 53.7 Å². The van der Waals surface area contributed by atoms with Crippen LogP contribution in [0.5, 0.6) is 0 Å². The van der Waals surface area contributed by atoms with Gasteiger partial charge in [0.05, 0.1) is 11.0 Å². The van der Waals surface area contributed by atoms with Crippen molar-refractivity contribution in [2.45, 2.75) is 0 Å². The van der Waals surface area contributed by atoms with Gasteiger partial charge in [-0.25, -0.2) is 9.37 Å².